The number of carboxylic acids is 1. The molecule has 5 rings (SSSR count). The molecule has 2 fully saturated rings. The van der Waals surface area contributed by atoms with Crippen molar-refractivity contribution in [2.45, 2.75) is 6.42 Å². The first-order chi connectivity index (χ1) is 18.4. The fourth-order valence-corrected chi connectivity index (χ4v) is 5.75. The molecule has 2 aliphatic heterocycles. The molecule has 2 saturated heterocycles. The Kier molecular flexibility index (Phi) is 7.34. The Balaban J connectivity index is 1.46. The van der Waals surface area contributed by atoms with E-state index in [1.165, 1.54) is 9.30 Å². The molecule has 1 aromatic carbocycles. The van der Waals surface area contributed by atoms with Crippen molar-refractivity contribution in [3.63, 3.8) is 0 Å². The van der Waals surface area contributed by atoms with Gasteiger partial charge >= 0.3 is 5.97 Å². The summed E-state index contributed by atoms with van der Waals surface area (Å²) in [7, 11) is 1.64. The minimum atomic E-state index is -1.02. The number of hydrogen-bond acceptors (Lipinski definition) is 9. The molecule has 1 N–H and O–H groups in total. The number of thiocarbonyl (C=S) groups is 1. The van der Waals surface area contributed by atoms with E-state index in [1.807, 2.05) is 30.3 Å². The number of aromatic nitrogens is 2. The molecule has 0 spiro atoms. The summed E-state index contributed by atoms with van der Waals surface area (Å²) in [6.45, 7) is 2.67. The number of carboxylic acid groups (broad SMARTS) is 1. The third-order valence-electron chi connectivity index (χ3n) is 6.46. The van der Waals surface area contributed by atoms with Gasteiger partial charge in [-0.05, 0) is 42.5 Å². The van der Waals surface area contributed by atoms with Gasteiger partial charge < -0.3 is 19.6 Å². The fourth-order valence-electron chi connectivity index (χ4n) is 4.46. The fraction of sp³-hybridized carbons (Fsp3) is 0.269. The number of nitrogens with zero attached hydrogens (tertiary/aromatic N) is 5. The van der Waals surface area contributed by atoms with Gasteiger partial charge in [-0.3, -0.25) is 23.7 Å². The van der Waals surface area contributed by atoms with Gasteiger partial charge in [-0.1, -0.05) is 30.0 Å². The van der Waals surface area contributed by atoms with Crippen LogP contribution in [0, 0.1) is 0 Å². The zero-order valence-electron chi connectivity index (χ0n) is 20.6. The number of rotatable bonds is 7. The van der Waals surface area contributed by atoms with Gasteiger partial charge in [-0.15, -0.1) is 0 Å². The lowest BCUT2D eigenvalue weighted by Crippen LogP contribution is -2.47. The first-order valence-electron chi connectivity index (χ1n) is 12.0. The summed E-state index contributed by atoms with van der Waals surface area (Å²) < 4.78 is 6.98. The maximum Gasteiger partial charge on any atom is 0.305 e. The molecule has 0 unspecified atom stereocenters. The van der Waals surface area contributed by atoms with Crippen LogP contribution in [0.3, 0.4) is 0 Å². The van der Waals surface area contributed by atoms with Crippen molar-refractivity contribution in [3.8, 4) is 5.75 Å². The van der Waals surface area contributed by atoms with Crippen LogP contribution in [0.5, 0.6) is 5.75 Å². The van der Waals surface area contributed by atoms with Crippen LogP contribution in [0.1, 0.15) is 12.0 Å². The smallest absolute Gasteiger partial charge is 0.305 e. The van der Waals surface area contributed by atoms with Crippen LogP contribution < -0.4 is 20.1 Å². The number of thioether (sulfide) groups is 1. The summed E-state index contributed by atoms with van der Waals surface area (Å²) in [6, 6.07) is 13.2. The van der Waals surface area contributed by atoms with E-state index in [0.717, 1.165) is 36.3 Å². The SMILES string of the molecule is COc1ccc(N2CCN(c3nc4ccccn4c(=O)c3/C=C3\SC(=S)N(CCC(=O)O)C3=O)CC2)cc1. The second-order valence-corrected chi connectivity index (χ2v) is 10.4. The van der Waals surface area contributed by atoms with Crippen LogP contribution in [0.25, 0.3) is 11.7 Å². The van der Waals surface area contributed by atoms with Gasteiger partial charge in [0.15, 0.2) is 0 Å². The van der Waals surface area contributed by atoms with Crippen molar-refractivity contribution in [2.24, 2.45) is 0 Å². The lowest BCUT2D eigenvalue weighted by molar-refractivity contribution is -0.137. The number of pyridine rings is 1. The molecule has 2 aromatic heterocycles. The van der Waals surface area contributed by atoms with E-state index in [9.17, 15) is 14.4 Å². The van der Waals surface area contributed by atoms with Crippen LogP contribution in [-0.2, 0) is 9.59 Å². The van der Waals surface area contributed by atoms with E-state index >= 15 is 0 Å². The van der Waals surface area contributed by atoms with E-state index in [2.05, 4.69) is 9.80 Å². The molecule has 0 aliphatic carbocycles. The highest BCUT2D eigenvalue weighted by Crippen LogP contribution is 2.34. The van der Waals surface area contributed by atoms with Crippen LogP contribution >= 0.6 is 24.0 Å². The van der Waals surface area contributed by atoms with Gasteiger partial charge in [0.1, 0.15) is 21.5 Å². The van der Waals surface area contributed by atoms with Gasteiger partial charge in [0, 0.05) is 44.6 Å². The zero-order valence-corrected chi connectivity index (χ0v) is 22.2. The number of fused-ring (bicyclic) bond motifs is 1. The highest BCUT2D eigenvalue weighted by molar-refractivity contribution is 8.26. The van der Waals surface area contributed by atoms with Gasteiger partial charge in [0.25, 0.3) is 11.5 Å². The number of methoxy groups -OCH3 is 1. The minimum absolute atomic E-state index is 0.0214. The van der Waals surface area contributed by atoms with Crippen molar-refractivity contribution in [3.05, 3.63) is 69.5 Å². The highest BCUT2D eigenvalue weighted by atomic mass is 32.2. The number of carbonyl (C=O) groups excluding carboxylic acids is 1. The predicted octanol–water partition coefficient (Wildman–Crippen LogP) is 2.71. The Hall–Kier alpha value is -3.90. The number of ether oxygens (including phenoxy) is 1. The first kappa shape index (κ1) is 25.7. The second-order valence-electron chi connectivity index (χ2n) is 8.73. The van der Waals surface area contributed by atoms with Crippen molar-refractivity contribution in [1.29, 1.82) is 0 Å². The average molecular weight is 552 g/mol. The second kappa shape index (κ2) is 10.8. The molecule has 38 heavy (non-hydrogen) atoms. The number of amides is 1. The number of hydrogen-bond donors (Lipinski definition) is 1. The number of benzene rings is 1. The molecule has 0 atom stereocenters. The molecule has 0 bridgehead atoms. The van der Waals surface area contributed by atoms with Crippen molar-refractivity contribution >= 4 is 63.4 Å². The Morgan fingerprint density at radius 3 is 2.50 bits per heavy atom. The number of aliphatic carboxylic acids is 1. The molecule has 3 aromatic rings. The summed E-state index contributed by atoms with van der Waals surface area (Å²) in [5.74, 6) is -0.122. The molecule has 4 heterocycles. The monoisotopic (exact) mass is 551 g/mol. The predicted molar refractivity (Wildman–Crippen MR) is 151 cm³/mol. The molecule has 196 valence electrons. The number of carbonyl (C=O) groups is 2. The lowest BCUT2D eigenvalue weighted by atomic mass is 10.2. The normalized spacial score (nSPS) is 17.1. The van der Waals surface area contributed by atoms with Crippen LogP contribution in [-0.4, -0.2) is 75.4 Å². The molecular formula is C26H25N5O5S2. The van der Waals surface area contributed by atoms with Gasteiger partial charge in [0.05, 0.1) is 24.0 Å². The molecule has 0 radical (unpaired) electrons. The molecular weight excluding hydrogens is 526 g/mol. The number of piperazine rings is 1. The average Bonchev–Trinajstić information content (AvgIpc) is 3.20. The summed E-state index contributed by atoms with van der Waals surface area (Å²) in [5, 5.41) is 9.01. The third kappa shape index (κ3) is 5.09. The first-order valence-corrected chi connectivity index (χ1v) is 13.2. The van der Waals surface area contributed by atoms with E-state index in [4.69, 9.17) is 27.0 Å². The minimum Gasteiger partial charge on any atom is -0.497 e. The van der Waals surface area contributed by atoms with E-state index < -0.39 is 11.9 Å². The molecule has 1 amide bonds. The van der Waals surface area contributed by atoms with Gasteiger partial charge in [-0.25, -0.2) is 4.98 Å². The maximum absolute atomic E-state index is 13.6. The Bertz CT molecular complexity index is 1500. The van der Waals surface area contributed by atoms with E-state index in [1.54, 1.807) is 31.5 Å². The zero-order chi connectivity index (χ0) is 26.8. The number of anilines is 2. The van der Waals surface area contributed by atoms with Crippen LogP contribution in [0.15, 0.2) is 58.4 Å². The molecule has 2 aliphatic rings. The van der Waals surface area contributed by atoms with E-state index in [-0.39, 0.29) is 27.8 Å². The van der Waals surface area contributed by atoms with Gasteiger partial charge in [-0.2, -0.15) is 0 Å². The molecule has 10 nitrogen and oxygen atoms in total. The quantitative estimate of drug-likeness (QED) is 0.348. The topological polar surface area (TPSA) is 108 Å². The highest BCUT2D eigenvalue weighted by Gasteiger charge is 2.33. The summed E-state index contributed by atoms with van der Waals surface area (Å²) in [6.07, 6.45) is 2.97. The van der Waals surface area contributed by atoms with Crippen LogP contribution in [0.4, 0.5) is 11.5 Å². The largest absolute Gasteiger partial charge is 0.497 e. The standard InChI is InChI=1S/C26H25N5O5S2/c1-36-18-7-5-17(6-8-18)28-12-14-29(15-13-28)23-19(24(34)30-10-3-2-4-21(30)27-23)16-20-25(35)31(26(37)38-20)11-9-22(32)33/h2-8,10,16H,9,11-15H2,1H3,(H,32,33)/b20-16-. The van der Waals surface area contributed by atoms with Crippen molar-refractivity contribution < 1.29 is 19.4 Å². The molecule has 12 heteroatoms. The van der Waals surface area contributed by atoms with Crippen LogP contribution in [0.2, 0.25) is 0 Å². The van der Waals surface area contributed by atoms with E-state index in [0.29, 0.717) is 30.1 Å². The van der Waals surface area contributed by atoms with Crippen molar-refractivity contribution in [1.82, 2.24) is 14.3 Å². The maximum atomic E-state index is 13.6. The Morgan fingerprint density at radius 1 is 1.11 bits per heavy atom. The third-order valence-corrected chi connectivity index (χ3v) is 7.84. The Morgan fingerprint density at radius 2 is 1.82 bits per heavy atom. The molecule has 0 saturated carbocycles. The summed E-state index contributed by atoms with van der Waals surface area (Å²) >= 11 is 6.38. The van der Waals surface area contributed by atoms with Gasteiger partial charge in [0.2, 0.25) is 0 Å². The summed E-state index contributed by atoms with van der Waals surface area (Å²) in [4.78, 5) is 48.3. The lowest BCUT2D eigenvalue weighted by Gasteiger charge is -2.37. The summed E-state index contributed by atoms with van der Waals surface area (Å²) in [5.41, 5.74) is 1.60. The van der Waals surface area contributed by atoms with Crippen molar-refractivity contribution in [2.75, 3.05) is 49.6 Å². The Labute approximate surface area is 228 Å².